The second kappa shape index (κ2) is 6.13. The van der Waals surface area contributed by atoms with E-state index in [1.54, 1.807) is 0 Å². The molecule has 22 heavy (non-hydrogen) atoms. The van der Waals surface area contributed by atoms with Crippen molar-refractivity contribution in [3.63, 3.8) is 0 Å². The molecule has 2 heteroatoms. The van der Waals surface area contributed by atoms with Gasteiger partial charge in [0.2, 0.25) is 0 Å². The summed E-state index contributed by atoms with van der Waals surface area (Å²) in [6.07, 6.45) is 0. The van der Waals surface area contributed by atoms with Crippen LogP contribution in [-0.2, 0) is 0 Å². The highest BCUT2D eigenvalue weighted by molar-refractivity contribution is 9.10. The predicted octanol–water partition coefficient (Wildman–Crippen LogP) is 6.34. The van der Waals surface area contributed by atoms with Crippen LogP contribution in [-0.4, -0.2) is 4.57 Å². The summed E-state index contributed by atoms with van der Waals surface area (Å²) < 4.78 is 3.41. The van der Waals surface area contributed by atoms with E-state index in [1.807, 2.05) is 0 Å². The zero-order chi connectivity index (χ0) is 15.7. The van der Waals surface area contributed by atoms with Gasteiger partial charge in [0.05, 0.1) is 5.69 Å². The number of hydrogen-bond donors (Lipinski definition) is 0. The minimum Gasteiger partial charge on any atom is -0.314 e. The number of rotatable bonds is 3. The number of nitrogens with zero attached hydrogens (tertiary/aromatic N) is 1. The quantitative estimate of drug-likeness (QED) is 0.517. The number of aromatic nitrogens is 1. The summed E-state index contributed by atoms with van der Waals surface area (Å²) in [5.41, 5.74) is 6.26. The molecule has 3 rings (SSSR count). The maximum Gasteiger partial charge on any atom is 0.0531 e. The number of halogens is 1. The Hall–Kier alpha value is -1.80. The van der Waals surface area contributed by atoms with Crippen LogP contribution in [0.4, 0.5) is 0 Å². The van der Waals surface area contributed by atoms with Gasteiger partial charge in [-0.25, -0.2) is 0 Å². The highest BCUT2D eigenvalue weighted by Crippen LogP contribution is 2.29. The van der Waals surface area contributed by atoms with Crippen molar-refractivity contribution in [2.24, 2.45) is 0 Å². The zero-order valence-corrected chi connectivity index (χ0v) is 14.8. The van der Waals surface area contributed by atoms with E-state index in [1.165, 1.54) is 28.2 Å². The topological polar surface area (TPSA) is 4.93 Å². The summed E-state index contributed by atoms with van der Waals surface area (Å²) in [5.74, 6) is 0.560. The molecule has 0 aliphatic carbocycles. The molecule has 0 saturated heterocycles. The van der Waals surface area contributed by atoms with E-state index in [-0.39, 0.29) is 0 Å². The molecule has 0 atom stereocenters. The average Bonchev–Trinajstić information content (AvgIpc) is 2.89. The lowest BCUT2D eigenvalue weighted by Gasteiger charge is -2.14. The highest BCUT2D eigenvalue weighted by Gasteiger charge is 2.10. The number of benzene rings is 2. The average molecular weight is 354 g/mol. The molecule has 0 amide bonds. The molecular formula is C20H20BrN. The third-order valence-electron chi connectivity index (χ3n) is 4.01. The molecule has 112 valence electrons. The Morgan fingerprint density at radius 1 is 0.909 bits per heavy atom. The Morgan fingerprint density at radius 2 is 1.64 bits per heavy atom. The standard InChI is InChI=1S/C20H20BrN/c1-14(2)16-8-10-19(11-9-16)22-15(3)7-12-20(22)17-5-4-6-18(21)13-17/h4-14H,1-3H3. The van der Waals surface area contributed by atoms with Crippen molar-refractivity contribution in [2.75, 3.05) is 0 Å². The molecule has 0 N–H and O–H groups in total. The van der Waals surface area contributed by atoms with Crippen molar-refractivity contribution < 1.29 is 0 Å². The van der Waals surface area contributed by atoms with Crippen LogP contribution in [0.1, 0.15) is 31.0 Å². The molecular weight excluding hydrogens is 334 g/mol. The van der Waals surface area contributed by atoms with E-state index in [2.05, 4.69) is 102 Å². The van der Waals surface area contributed by atoms with Crippen molar-refractivity contribution in [3.8, 4) is 16.9 Å². The van der Waals surface area contributed by atoms with Gasteiger partial charge in [-0.05, 0) is 60.4 Å². The van der Waals surface area contributed by atoms with E-state index >= 15 is 0 Å². The minimum absolute atomic E-state index is 0.560. The Labute approximate surface area is 140 Å². The van der Waals surface area contributed by atoms with E-state index in [0.717, 1.165) is 4.47 Å². The lowest BCUT2D eigenvalue weighted by molar-refractivity contribution is 0.865. The predicted molar refractivity (Wildman–Crippen MR) is 97.7 cm³/mol. The second-order valence-electron chi connectivity index (χ2n) is 5.95. The van der Waals surface area contributed by atoms with Crippen molar-refractivity contribution in [2.45, 2.75) is 26.7 Å². The first-order valence-corrected chi connectivity index (χ1v) is 8.40. The molecule has 1 aromatic heterocycles. The Bertz CT molecular complexity index is 782. The van der Waals surface area contributed by atoms with Gasteiger partial charge in [-0.3, -0.25) is 0 Å². The molecule has 0 unspecified atom stereocenters. The molecule has 0 fully saturated rings. The second-order valence-corrected chi connectivity index (χ2v) is 6.87. The van der Waals surface area contributed by atoms with E-state index in [0.29, 0.717) is 5.92 Å². The number of hydrogen-bond acceptors (Lipinski definition) is 0. The van der Waals surface area contributed by atoms with Gasteiger partial charge in [-0.2, -0.15) is 0 Å². The molecule has 1 heterocycles. The largest absolute Gasteiger partial charge is 0.314 e. The first-order valence-electron chi connectivity index (χ1n) is 7.61. The summed E-state index contributed by atoms with van der Waals surface area (Å²) in [6, 6.07) is 21.7. The summed E-state index contributed by atoms with van der Waals surface area (Å²) in [7, 11) is 0. The molecule has 3 aromatic rings. The molecule has 2 aromatic carbocycles. The summed E-state index contributed by atoms with van der Waals surface area (Å²) in [5, 5.41) is 0. The van der Waals surface area contributed by atoms with Crippen LogP contribution >= 0.6 is 15.9 Å². The molecule has 1 nitrogen and oxygen atoms in total. The van der Waals surface area contributed by atoms with Crippen molar-refractivity contribution >= 4 is 15.9 Å². The van der Waals surface area contributed by atoms with Crippen LogP contribution in [0.25, 0.3) is 16.9 Å². The molecule has 0 aliphatic rings. The third kappa shape index (κ3) is 2.89. The van der Waals surface area contributed by atoms with E-state index in [9.17, 15) is 0 Å². The monoisotopic (exact) mass is 353 g/mol. The zero-order valence-electron chi connectivity index (χ0n) is 13.2. The van der Waals surface area contributed by atoms with E-state index < -0.39 is 0 Å². The van der Waals surface area contributed by atoms with Crippen LogP contribution in [0, 0.1) is 6.92 Å². The van der Waals surface area contributed by atoms with Gasteiger partial charge < -0.3 is 4.57 Å². The van der Waals surface area contributed by atoms with Gasteiger partial charge in [0.25, 0.3) is 0 Å². The van der Waals surface area contributed by atoms with Crippen LogP contribution in [0.5, 0.6) is 0 Å². The summed E-state index contributed by atoms with van der Waals surface area (Å²) in [6.45, 7) is 6.60. The van der Waals surface area contributed by atoms with Crippen molar-refractivity contribution in [1.82, 2.24) is 4.57 Å². The Kier molecular flexibility index (Phi) is 4.21. The SMILES string of the molecule is Cc1ccc(-c2cccc(Br)c2)n1-c1ccc(C(C)C)cc1. The summed E-state index contributed by atoms with van der Waals surface area (Å²) >= 11 is 3.56. The first-order chi connectivity index (χ1) is 10.6. The van der Waals surface area contributed by atoms with Gasteiger partial charge >= 0.3 is 0 Å². The van der Waals surface area contributed by atoms with Crippen LogP contribution in [0.3, 0.4) is 0 Å². The fraction of sp³-hybridized carbons (Fsp3) is 0.200. The Morgan fingerprint density at radius 3 is 2.27 bits per heavy atom. The van der Waals surface area contributed by atoms with Crippen LogP contribution in [0.2, 0.25) is 0 Å². The Balaban J connectivity index is 2.09. The number of aryl methyl sites for hydroxylation is 1. The first kappa shape index (κ1) is 15.1. The van der Waals surface area contributed by atoms with Crippen molar-refractivity contribution in [1.29, 1.82) is 0 Å². The van der Waals surface area contributed by atoms with E-state index in [4.69, 9.17) is 0 Å². The third-order valence-corrected chi connectivity index (χ3v) is 4.51. The molecule has 0 radical (unpaired) electrons. The van der Waals surface area contributed by atoms with Gasteiger partial charge in [0, 0.05) is 15.9 Å². The molecule has 0 spiro atoms. The lowest BCUT2D eigenvalue weighted by Crippen LogP contribution is -1.99. The molecule has 0 saturated carbocycles. The van der Waals surface area contributed by atoms with Gasteiger partial charge in [0.15, 0.2) is 0 Å². The molecule has 0 bridgehead atoms. The molecule has 0 aliphatic heterocycles. The maximum atomic E-state index is 3.56. The van der Waals surface area contributed by atoms with Crippen molar-refractivity contribution in [3.05, 3.63) is 76.4 Å². The smallest absolute Gasteiger partial charge is 0.0531 e. The van der Waals surface area contributed by atoms with Gasteiger partial charge in [-0.15, -0.1) is 0 Å². The fourth-order valence-electron chi connectivity index (χ4n) is 2.76. The normalized spacial score (nSPS) is 11.1. The van der Waals surface area contributed by atoms with Gasteiger partial charge in [0.1, 0.15) is 0 Å². The van der Waals surface area contributed by atoms with Crippen LogP contribution in [0.15, 0.2) is 65.1 Å². The van der Waals surface area contributed by atoms with Gasteiger partial charge in [-0.1, -0.05) is 54.0 Å². The highest BCUT2D eigenvalue weighted by atomic mass is 79.9. The fourth-order valence-corrected chi connectivity index (χ4v) is 3.16. The lowest BCUT2D eigenvalue weighted by atomic mass is 10.0. The minimum atomic E-state index is 0.560. The maximum absolute atomic E-state index is 3.56. The summed E-state index contributed by atoms with van der Waals surface area (Å²) in [4.78, 5) is 0. The van der Waals surface area contributed by atoms with Crippen LogP contribution < -0.4 is 0 Å².